The van der Waals surface area contributed by atoms with Crippen molar-refractivity contribution in [3.8, 4) is 28.5 Å². The van der Waals surface area contributed by atoms with E-state index >= 15 is 0 Å². The zero-order valence-electron chi connectivity index (χ0n) is 21.7. The molecule has 11 heteroatoms. The van der Waals surface area contributed by atoms with E-state index in [0.717, 1.165) is 0 Å². The van der Waals surface area contributed by atoms with Crippen molar-refractivity contribution in [2.75, 3.05) is 33.5 Å². The number of fused-ring (bicyclic) bond motifs is 1. The summed E-state index contributed by atoms with van der Waals surface area (Å²) >= 11 is 0. The lowest BCUT2D eigenvalue weighted by Crippen LogP contribution is -2.41. The highest BCUT2D eigenvalue weighted by Gasteiger charge is 2.45. The number of hydrogen-bond donors (Lipinski definition) is 3. The second-order valence-electron chi connectivity index (χ2n) is 9.58. The van der Waals surface area contributed by atoms with Crippen molar-refractivity contribution in [3.05, 3.63) is 71.2 Å². The molecule has 206 valence electrons. The van der Waals surface area contributed by atoms with E-state index in [9.17, 15) is 23.5 Å². The van der Waals surface area contributed by atoms with Gasteiger partial charge in [0.2, 0.25) is 5.91 Å². The van der Waals surface area contributed by atoms with Crippen molar-refractivity contribution in [2.45, 2.75) is 24.9 Å². The van der Waals surface area contributed by atoms with Crippen LogP contribution in [0, 0.1) is 5.82 Å². The highest BCUT2D eigenvalue weighted by Crippen LogP contribution is 2.45. The number of carbonyl (C=O) groups is 2. The quantitative estimate of drug-likeness (QED) is 0.359. The summed E-state index contributed by atoms with van der Waals surface area (Å²) < 4.78 is 42.4. The van der Waals surface area contributed by atoms with Gasteiger partial charge in [-0.15, -0.1) is 0 Å². The number of aromatic nitrogens is 1. The van der Waals surface area contributed by atoms with Crippen LogP contribution in [0.3, 0.4) is 0 Å². The van der Waals surface area contributed by atoms with Crippen molar-refractivity contribution in [1.29, 1.82) is 0 Å². The fraction of sp³-hybridized carbons (Fsp3) is 0.321. The molecule has 3 aromatic rings. The average molecular weight is 542 g/mol. The number of ether oxygens (including phenoxy) is 3. The summed E-state index contributed by atoms with van der Waals surface area (Å²) in [5, 5.41) is 14.1. The van der Waals surface area contributed by atoms with Crippen LogP contribution >= 0.6 is 0 Å². The minimum atomic E-state index is -1.70. The second kappa shape index (κ2) is 10.9. The highest BCUT2D eigenvalue weighted by molar-refractivity contribution is 5.95. The molecule has 0 spiro atoms. The number of benzene rings is 2. The predicted molar refractivity (Wildman–Crippen MR) is 138 cm³/mol. The van der Waals surface area contributed by atoms with Crippen LogP contribution in [0.15, 0.2) is 48.5 Å². The van der Waals surface area contributed by atoms with E-state index < -0.39 is 35.3 Å². The summed E-state index contributed by atoms with van der Waals surface area (Å²) in [5.74, 6) is -0.733. The van der Waals surface area contributed by atoms with Gasteiger partial charge in [0.15, 0.2) is 11.5 Å². The Morgan fingerprint density at radius 3 is 2.56 bits per heavy atom. The summed E-state index contributed by atoms with van der Waals surface area (Å²) in [6.45, 7) is 1.98. The van der Waals surface area contributed by atoms with Crippen LogP contribution < -0.4 is 25.3 Å². The molecule has 0 bridgehead atoms. The third-order valence-corrected chi connectivity index (χ3v) is 6.64. The SMILES string of the molecule is COc1cc(C(=O)NC[C@](C)(O)c2cc3c(c(-c4ccc(F)cc4)n2)OC[C@@]3(C)C(N)=O)ccc1OCCF. The molecule has 2 atom stereocenters. The molecule has 2 aromatic carbocycles. The predicted octanol–water partition coefficient (Wildman–Crippen LogP) is 3.02. The van der Waals surface area contributed by atoms with Crippen molar-refractivity contribution in [1.82, 2.24) is 10.3 Å². The molecule has 9 nitrogen and oxygen atoms in total. The van der Waals surface area contributed by atoms with Crippen molar-refractivity contribution in [2.24, 2.45) is 5.73 Å². The third-order valence-electron chi connectivity index (χ3n) is 6.64. The lowest BCUT2D eigenvalue weighted by Gasteiger charge is -2.26. The standard InChI is InChI=1S/C28H29F2N3O6/c1-27(26(31)35)15-39-24-19(27)13-22(33-23(24)16-4-7-18(30)8-5-16)28(2,36)14-32-25(34)17-6-9-20(38-11-10-29)21(12-17)37-3/h4-9,12-13,36H,10-11,14-15H2,1-3H3,(H2,31,35)(H,32,34)/t27-,28+/m1/s1. The maximum Gasteiger partial charge on any atom is 0.251 e. The topological polar surface area (TPSA) is 133 Å². The number of primary amides is 1. The molecule has 0 saturated carbocycles. The van der Waals surface area contributed by atoms with Crippen LogP contribution in [-0.4, -0.2) is 55.4 Å². The number of aliphatic hydroxyl groups is 1. The van der Waals surface area contributed by atoms with Gasteiger partial charge in [-0.1, -0.05) is 0 Å². The van der Waals surface area contributed by atoms with E-state index in [1.54, 1.807) is 6.92 Å². The first-order valence-electron chi connectivity index (χ1n) is 12.1. The largest absolute Gasteiger partial charge is 0.493 e. The molecule has 0 saturated heterocycles. The molecule has 1 aromatic heterocycles. The van der Waals surface area contributed by atoms with Gasteiger partial charge in [-0.05, 0) is 62.4 Å². The van der Waals surface area contributed by atoms with Crippen molar-refractivity contribution < 1.29 is 37.7 Å². The molecule has 2 amide bonds. The molecule has 0 radical (unpaired) electrons. The lowest BCUT2D eigenvalue weighted by molar-refractivity contribution is -0.123. The number of methoxy groups -OCH3 is 1. The van der Waals surface area contributed by atoms with E-state index in [4.69, 9.17) is 19.9 Å². The van der Waals surface area contributed by atoms with Crippen LogP contribution in [0.5, 0.6) is 17.2 Å². The van der Waals surface area contributed by atoms with Crippen LogP contribution in [0.4, 0.5) is 8.78 Å². The first-order chi connectivity index (χ1) is 18.5. The molecule has 39 heavy (non-hydrogen) atoms. The Kier molecular flexibility index (Phi) is 7.73. The molecule has 1 aliphatic heterocycles. The van der Waals surface area contributed by atoms with Crippen LogP contribution in [0.2, 0.25) is 0 Å². The number of hydrogen-bond acceptors (Lipinski definition) is 7. The number of carbonyl (C=O) groups excluding carboxylic acids is 2. The number of nitrogens with zero attached hydrogens (tertiary/aromatic N) is 1. The normalized spacial score (nSPS) is 17.5. The van der Waals surface area contributed by atoms with Gasteiger partial charge in [-0.25, -0.2) is 13.8 Å². The Labute approximate surface area is 223 Å². The fourth-order valence-corrected chi connectivity index (χ4v) is 4.19. The Hall–Kier alpha value is -4.25. The van der Waals surface area contributed by atoms with Gasteiger partial charge in [0, 0.05) is 16.7 Å². The zero-order valence-corrected chi connectivity index (χ0v) is 21.7. The molecular formula is C28H29F2N3O6. The summed E-state index contributed by atoms with van der Waals surface area (Å²) in [6, 6.07) is 11.5. The number of nitrogens with one attached hydrogen (secondary N) is 1. The van der Waals surface area contributed by atoms with Gasteiger partial charge >= 0.3 is 0 Å². The second-order valence-corrected chi connectivity index (χ2v) is 9.58. The first kappa shape index (κ1) is 27.8. The number of nitrogens with two attached hydrogens (primary N) is 1. The van der Waals surface area contributed by atoms with E-state index in [2.05, 4.69) is 10.3 Å². The number of halogens is 2. The lowest BCUT2D eigenvalue weighted by atomic mass is 9.82. The maximum atomic E-state index is 13.6. The number of alkyl halides is 1. The number of rotatable bonds is 10. The molecule has 0 aliphatic carbocycles. The summed E-state index contributed by atoms with van der Waals surface area (Å²) in [5.41, 5.74) is 4.40. The van der Waals surface area contributed by atoms with Gasteiger partial charge in [-0.2, -0.15) is 0 Å². The summed E-state index contributed by atoms with van der Waals surface area (Å²) in [6.07, 6.45) is 0. The Bertz CT molecular complexity index is 1400. The highest BCUT2D eigenvalue weighted by atomic mass is 19.1. The van der Waals surface area contributed by atoms with Crippen LogP contribution in [0.1, 0.15) is 35.5 Å². The van der Waals surface area contributed by atoms with E-state index in [1.807, 2.05) is 0 Å². The smallest absolute Gasteiger partial charge is 0.251 e. The molecule has 0 unspecified atom stereocenters. The minimum absolute atomic E-state index is 0.0251. The average Bonchev–Trinajstić information content (AvgIpc) is 3.28. The third kappa shape index (κ3) is 5.49. The van der Waals surface area contributed by atoms with Crippen molar-refractivity contribution in [3.63, 3.8) is 0 Å². The molecule has 4 N–H and O–H groups in total. The van der Waals surface area contributed by atoms with Crippen molar-refractivity contribution >= 4 is 11.8 Å². The molecule has 1 aliphatic rings. The van der Waals surface area contributed by atoms with Gasteiger partial charge in [0.25, 0.3) is 5.91 Å². The van der Waals surface area contributed by atoms with E-state index in [0.29, 0.717) is 22.6 Å². The number of amides is 2. The van der Waals surface area contributed by atoms with Gasteiger partial charge in [0.05, 0.1) is 19.3 Å². The maximum absolute atomic E-state index is 13.6. The number of pyridine rings is 1. The van der Waals surface area contributed by atoms with E-state index in [1.165, 1.54) is 62.6 Å². The Balaban J connectivity index is 1.64. The molecular weight excluding hydrogens is 512 g/mol. The fourth-order valence-electron chi connectivity index (χ4n) is 4.19. The Morgan fingerprint density at radius 1 is 1.21 bits per heavy atom. The molecule has 4 rings (SSSR count). The van der Waals surface area contributed by atoms with E-state index in [-0.39, 0.29) is 42.5 Å². The van der Waals surface area contributed by atoms with Gasteiger partial charge in [-0.3, -0.25) is 9.59 Å². The zero-order chi connectivity index (χ0) is 28.4. The summed E-state index contributed by atoms with van der Waals surface area (Å²) in [4.78, 5) is 29.9. The first-order valence-corrected chi connectivity index (χ1v) is 12.1. The van der Waals surface area contributed by atoms with Crippen LogP contribution in [0.25, 0.3) is 11.3 Å². The molecule has 2 heterocycles. The van der Waals surface area contributed by atoms with Gasteiger partial charge < -0.3 is 30.4 Å². The summed E-state index contributed by atoms with van der Waals surface area (Å²) in [7, 11) is 1.39. The Morgan fingerprint density at radius 2 is 1.92 bits per heavy atom. The monoisotopic (exact) mass is 541 g/mol. The van der Waals surface area contributed by atoms with Crippen LogP contribution in [-0.2, 0) is 15.8 Å². The van der Waals surface area contributed by atoms with Gasteiger partial charge in [0.1, 0.15) is 48.2 Å². The minimum Gasteiger partial charge on any atom is -0.493 e. The molecule has 0 fully saturated rings.